The number of hydrogen-bond donors (Lipinski definition) is 1. The van der Waals surface area contributed by atoms with E-state index in [2.05, 4.69) is 48.6 Å². The van der Waals surface area contributed by atoms with Gasteiger partial charge in [0.1, 0.15) is 5.75 Å². The SMILES string of the molecule is COc1ccc([C@@H](C)NCc2ccccc2)cc1. The average Bonchev–Trinajstić information content (AvgIpc) is 2.46. The standard InChI is InChI=1S/C16H19NO/c1-13(15-8-10-16(18-2)11-9-15)17-12-14-6-4-3-5-7-14/h3-11,13,17H,12H2,1-2H3/t13-/m1/s1. The van der Waals surface area contributed by atoms with Crippen molar-refractivity contribution in [1.82, 2.24) is 5.32 Å². The van der Waals surface area contributed by atoms with Crippen LogP contribution in [0.25, 0.3) is 0 Å². The lowest BCUT2D eigenvalue weighted by Crippen LogP contribution is -2.17. The van der Waals surface area contributed by atoms with E-state index in [-0.39, 0.29) is 0 Å². The highest BCUT2D eigenvalue weighted by molar-refractivity contribution is 5.29. The van der Waals surface area contributed by atoms with E-state index in [1.807, 2.05) is 18.2 Å². The van der Waals surface area contributed by atoms with Crippen LogP contribution >= 0.6 is 0 Å². The summed E-state index contributed by atoms with van der Waals surface area (Å²) in [5.41, 5.74) is 2.57. The fourth-order valence-electron chi connectivity index (χ4n) is 1.88. The first kappa shape index (κ1) is 12.7. The molecule has 0 aliphatic rings. The summed E-state index contributed by atoms with van der Waals surface area (Å²) < 4.78 is 5.16. The van der Waals surface area contributed by atoms with Gasteiger partial charge in [0.2, 0.25) is 0 Å². The molecule has 1 N–H and O–H groups in total. The van der Waals surface area contributed by atoms with E-state index in [9.17, 15) is 0 Å². The zero-order valence-electron chi connectivity index (χ0n) is 10.9. The van der Waals surface area contributed by atoms with Crippen LogP contribution in [0.1, 0.15) is 24.1 Å². The van der Waals surface area contributed by atoms with E-state index in [0.717, 1.165) is 12.3 Å². The van der Waals surface area contributed by atoms with Crippen molar-refractivity contribution in [3.8, 4) is 5.75 Å². The molecular formula is C16H19NO. The molecule has 0 radical (unpaired) electrons. The van der Waals surface area contributed by atoms with Crippen LogP contribution < -0.4 is 10.1 Å². The van der Waals surface area contributed by atoms with E-state index in [4.69, 9.17) is 4.74 Å². The maximum absolute atomic E-state index is 5.16. The molecule has 0 unspecified atom stereocenters. The lowest BCUT2D eigenvalue weighted by atomic mass is 10.1. The average molecular weight is 241 g/mol. The first-order chi connectivity index (χ1) is 8.79. The van der Waals surface area contributed by atoms with Gasteiger partial charge in [-0.3, -0.25) is 0 Å². The van der Waals surface area contributed by atoms with Gasteiger partial charge in [-0.1, -0.05) is 42.5 Å². The van der Waals surface area contributed by atoms with Crippen molar-refractivity contribution in [3.05, 3.63) is 65.7 Å². The number of rotatable bonds is 5. The molecule has 0 amide bonds. The van der Waals surface area contributed by atoms with Crippen LogP contribution in [0.3, 0.4) is 0 Å². The Morgan fingerprint density at radius 3 is 2.28 bits per heavy atom. The molecule has 2 rings (SSSR count). The number of benzene rings is 2. The first-order valence-electron chi connectivity index (χ1n) is 6.21. The van der Waals surface area contributed by atoms with E-state index < -0.39 is 0 Å². The maximum atomic E-state index is 5.16. The quantitative estimate of drug-likeness (QED) is 0.864. The summed E-state index contributed by atoms with van der Waals surface area (Å²) in [5.74, 6) is 0.897. The molecule has 0 aliphatic heterocycles. The molecule has 1 atom stereocenters. The van der Waals surface area contributed by atoms with Gasteiger partial charge < -0.3 is 10.1 Å². The summed E-state index contributed by atoms with van der Waals surface area (Å²) in [6, 6.07) is 19.0. The summed E-state index contributed by atoms with van der Waals surface area (Å²) in [4.78, 5) is 0. The number of ether oxygens (including phenoxy) is 1. The van der Waals surface area contributed by atoms with Gasteiger partial charge in [0.25, 0.3) is 0 Å². The van der Waals surface area contributed by atoms with Gasteiger partial charge in [0.15, 0.2) is 0 Å². The number of methoxy groups -OCH3 is 1. The third-order valence-electron chi connectivity index (χ3n) is 3.07. The fourth-order valence-corrected chi connectivity index (χ4v) is 1.88. The van der Waals surface area contributed by atoms with Crippen molar-refractivity contribution in [2.45, 2.75) is 19.5 Å². The topological polar surface area (TPSA) is 21.3 Å². The molecule has 0 aliphatic carbocycles. The summed E-state index contributed by atoms with van der Waals surface area (Å²) in [5, 5.41) is 3.51. The summed E-state index contributed by atoms with van der Waals surface area (Å²) in [6.45, 7) is 3.05. The van der Waals surface area contributed by atoms with Gasteiger partial charge in [0, 0.05) is 12.6 Å². The normalized spacial score (nSPS) is 12.1. The highest BCUT2D eigenvalue weighted by Crippen LogP contribution is 2.17. The molecule has 2 aromatic carbocycles. The Labute approximate surface area is 109 Å². The smallest absolute Gasteiger partial charge is 0.118 e. The van der Waals surface area contributed by atoms with Gasteiger partial charge in [-0.15, -0.1) is 0 Å². The van der Waals surface area contributed by atoms with Crippen molar-refractivity contribution in [2.24, 2.45) is 0 Å². The molecule has 0 bridgehead atoms. The second-order valence-corrected chi connectivity index (χ2v) is 4.36. The lowest BCUT2D eigenvalue weighted by Gasteiger charge is -2.14. The van der Waals surface area contributed by atoms with Crippen molar-refractivity contribution in [3.63, 3.8) is 0 Å². The first-order valence-corrected chi connectivity index (χ1v) is 6.21. The van der Waals surface area contributed by atoms with Gasteiger partial charge in [-0.25, -0.2) is 0 Å². The van der Waals surface area contributed by atoms with Gasteiger partial charge in [-0.05, 0) is 30.2 Å². The van der Waals surface area contributed by atoms with Crippen molar-refractivity contribution in [1.29, 1.82) is 0 Å². The van der Waals surface area contributed by atoms with Gasteiger partial charge in [0.05, 0.1) is 7.11 Å². The third kappa shape index (κ3) is 3.34. The van der Waals surface area contributed by atoms with Crippen molar-refractivity contribution in [2.75, 3.05) is 7.11 Å². The Balaban J connectivity index is 1.93. The zero-order valence-corrected chi connectivity index (χ0v) is 10.9. The molecule has 0 aromatic heterocycles. The molecule has 2 aromatic rings. The Morgan fingerprint density at radius 1 is 1.00 bits per heavy atom. The second kappa shape index (κ2) is 6.22. The molecule has 0 saturated carbocycles. The zero-order chi connectivity index (χ0) is 12.8. The highest BCUT2D eigenvalue weighted by atomic mass is 16.5. The Hall–Kier alpha value is -1.80. The van der Waals surface area contributed by atoms with Gasteiger partial charge >= 0.3 is 0 Å². The molecular weight excluding hydrogens is 222 g/mol. The molecule has 0 fully saturated rings. The van der Waals surface area contributed by atoms with Crippen LogP contribution in [0.15, 0.2) is 54.6 Å². The van der Waals surface area contributed by atoms with Gasteiger partial charge in [-0.2, -0.15) is 0 Å². The van der Waals surface area contributed by atoms with E-state index in [1.165, 1.54) is 11.1 Å². The maximum Gasteiger partial charge on any atom is 0.118 e. The van der Waals surface area contributed by atoms with Crippen molar-refractivity contribution < 1.29 is 4.74 Å². The number of hydrogen-bond acceptors (Lipinski definition) is 2. The summed E-state index contributed by atoms with van der Waals surface area (Å²) >= 11 is 0. The molecule has 2 heteroatoms. The molecule has 18 heavy (non-hydrogen) atoms. The monoisotopic (exact) mass is 241 g/mol. The minimum Gasteiger partial charge on any atom is -0.497 e. The molecule has 0 spiro atoms. The van der Waals surface area contributed by atoms with E-state index in [0.29, 0.717) is 6.04 Å². The highest BCUT2D eigenvalue weighted by Gasteiger charge is 2.04. The minimum atomic E-state index is 0.330. The van der Waals surface area contributed by atoms with Crippen LogP contribution in [-0.4, -0.2) is 7.11 Å². The van der Waals surface area contributed by atoms with Crippen LogP contribution in [0.5, 0.6) is 5.75 Å². The Kier molecular flexibility index (Phi) is 4.37. The number of nitrogens with one attached hydrogen (secondary N) is 1. The van der Waals surface area contributed by atoms with Crippen LogP contribution in [-0.2, 0) is 6.54 Å². The van der Waals surface area contributed by atoms with E-state index >= 15 is 0 Å². The molecule has 2 nitrogen and oxygen atoms in total. The van der Waals surface area contributed by atoms with Crippen LogP contribution in [0.4, 0.5) is 0 Å². The summed E-state index contributed by atoms with van der Waals surface area (Å²) in [6.07, 6.45) is 0. The third-order valence-corrected chi connectivity index (χ3v) is 3.07. The van der Waals surface area contributed by atoms with E-state index in [1.54, 1.807) is 7.11 Å². The molecule has 0 saturated heterocycles. The predicted molar refractivity (Wildman–Crippen MR) is 74.7 cm³/mol. The predicted octanol–water partition coefficient (Wildman–Crippen LogP) is 3.55. The summed E-state index contributed by atoms with van der Waals surface area (Å²) in [7, 11) is 1.69. The largest absolute Gasteiger partial charge is 0.497 e. The fraction of sp³-hybridized carbons (Fsp3) is 0.250. The van der Waals surface area contributed by atoms with Crippen molar-refractivity contribution >= 4 is 0 Å². The molecule has 94 valence electrons. The van der Waals surface area contributed by atoms with Crippen LogP contribution in [0, 0.1) is 0 Å². The van der Waals surface area contributed by atoms with Crippen LogP contribution in [0.2, 0.25) is 0 Å². The lowest BCUT2D eigenvalue weighted by molar-refractivity contribution is 0.414. The minimum absolute atomic E-state index is 0.330. The Bertz CT molecular complexity index is 464. The Morgan fingerprint density at radius 2 is 1.67 bits per heavy atom. The molecule has 0 heterocycles. The second-order valence-electron chi connectivity index (χ2n) is 4.36.